The molecular weight excluding hydrogens is 420 g/mol. The number of rotatable bonds is 10. The zero-order valence-electron chi connectivity index (χ0n) is 22.6. The van der Waals surface area contributed by atoms with Crippen LogP contribution in [-0.4, -0.2) is 62.5 Å². The molecule has 1 N–H and O–H groups in total. The summed E-state index contributed by atoms with van der Waals surface area (Å²) < 4.78 is 12.3. The first kappa shape index (κ1) is 29.1. The standard InChI is InChI=1S/C25H50N2O4Si/c1-12-13-21(18(2)26-19(3)28)16-27-15-20(17-30-32(10,11)25(7,8)9)14-22(27)23(29)31-24(4,5)6/h18,20-22H,12-17H2,1-11H3,(H,26,28)/t18?,20?,21-,22?/m0/s1. The molecule has 7 heteroatoms. The third kappa shape index (κ3) is 9.14. The molecule has 3 unspecified atom stereocenters. The van der Waals surface area contributed by atoms with Crippen LogP contribution in [0, 0.1) is 11.8 Å². The van der Waals surface area contributed by atoms with Gasteiger partial charge in [0.15, 0.2) is 8.32 Å². The van der Waals surface area contributed by atoms with Crippen LogP contribution in [0.3, 0.4) is 0 Å². The van der Waals surface area contributed by atoms with Gasteiger partial charge in [-0.3, -0.25) is 14.5 Å². The fourth-order valence-corrected chi connectivity index (χ4v) is 5.17. The number of ether oxygens (including phenoxy) is 1. The largest absolute Gasteiger partial charge is 0.459 e. The minimum atomic E-state index is -1.85. The monoisotopic (exact) mass is 470 g/mol. The van der Waals surface area contributed by atoms with Crippen molar-refractivity contribution in [3.63, 3.8) is 0 Å². The van der Waals surface area contributed by atoms with Gasteiger partial charge in [0.05, 0.1) is 0 Å². The van der Waals surface area contributed by atoms with E-state index in [1.165, 1.54) is 0 Å². The summed E-state index contributed by atoms with van der Waals surface area (Å²) in [5.41, 5.74) is -0.509. The molecule has 1 amide bonds. The number of hydrogen-bond acceptors (Lipinski definition) is 5. The van der Waals surface area contributed by atoms with E-state index in [0.29, 0.717) is 12.5 Å². The molecule has 188 valence electrons. The summed E-state index contributed by atoms with van der Waals surface area (Å²) in [5, 5.41) is 3.22. The molecular formula is C25H50N2O4Si. The van der Waals surface area contributed by atoms with Gasteiger partial charge < -0.3 is 14.5 Å². The lowest BCUT2D eigenvalue weighted by atomic mass is 9.95. The number of carbonyl (C=O) groups is 2. The molecule has 0 radical (unpaired) electrons. The van der Waals surface area contributed by atoms with Crippen molar-refractivity contribution in [3.8, 4) is 0 Å². The molecule has 0 saturated carbocycles. The van der Waals surface area contributed by atoms with Crippen LogP contribution in [0.25, 0.3) is 0 Å². The predicted molar refractivity (Wildman–Crippen MR) is 134 cm³/mol. The van der Waals surface area contributed by atoms with Crippen molar-refractivity contribution < 1.29 is 18.8 Å². The molecule has 32 heavy (non-hydrogen) atoms. The van der Waals surface area contributed by atoms with Crippen molar-refractivity contribution in [1.82, 2.24) is 10.2 Å². The molecule has 1 aliphatic heterocycles. The average molecular weight is 471 g/mol. The second-order valence-electron chi connectivity index (χ2n) is 12.2. The first-order valence-corrected chi connectivity index (χ1v) is 15.3. The first-order chi connectivity index (χ1) is 14.5. The maximum absolute atomic E-state index is 13.1. The predicted octanol–water partition coefficient (Wildman–Crippen LogP) is 4.98. The van der Waals surface area contributed by atoms with Crippen molar-refractivity contribution in [2.75, 3.05) is 19.7 Å². The van der Waals surface area contributed by atoms with Gasteiger partial charge in [-0.2, -0.15) is 0 Å². The zero-order chi connectivity index (χ0) is 24.9. The Morgan fingerprint density at radius 2 is 1.75 bits per heavy atom. The highest BCUT2D eigenvalue weighted by atomic mass is 28.4. The summed E-state index contributed by atoms with van der Waals surface area (Å²) in [7, 11) is -1.85. The van der Waals surface area contributed by atoms with E-state index in [1.54, 1.807) is 6.92 Å². The normalized spacial score (nSPS) is 22.5. The van der Waals surface area contributed by atoms with Gasteiger partial charge in [-0.1, -0.05) is 34.1 Å². The van der Waals surface area contributed by atoms with Gasteiger partial charge in [-0.25, -0.2) is 0 Å². The van der Waals surface area contributed by atoms with E-state index in [9.17, 15) is 9.59 Å². The topological polar surface area (TPSA) is 67.9 Å². The fraction of sp³-hybridized carbons (Fsp3) is 0.920. The van der Waals surface area contributed by atoms with Crippen LogP contribution in [0.4, 0.5) is 0 Å². The Labute approximate surface area is 198 Å². The minimum Gasteiger partial charge on any atom is -0.459 e. The molecule has 0 aromatic rings. The van der Waals surface area contributed by atoms with Crippen LogP contribution in [-0.2, 0) is 18.8 Å². The molecule has 4 atom stereocenters. The second kappa shape index (κ2) is 11.5. The average Bonchev–Trinajstić information content (AvgIpc) is 3.00. The van der Waals surface area contributed by atoms with Crippen molar-refractivity contribution in [2.24, 2.45) is 11.8 Å². The third-order valence-corrected chi connectivity index (χ3v) is 11.4. The molecule has 0 bridgehead atoms. The highest BCUT2D eigenvalue weighted by Gasteiger charge is 2.43. The number of esters is 1. The summed E-state index contributed by atoms with van der Waals surface area (Å²) >= 11 is 0. The number of hydrogen-bond donors (Lipinski definition) is 1. The Balaban J connectivity index is 2.99. The van der Waals surface area contributed by atoms with E-state index in [2.05, 4.69) is 57.9 Å². The van der Waals surface area contributed by atoms with Gasteiger partial charge in [0, 0.05) is 32.7 Å². The minimum absolute atomic E-state index is 0.00985. The first-order valence-electron chi connectivity index (χ1n) is 12.3. The molecule has 0 spiro atoms. The highest BCUT2D eigenvalue weighted by Crippen LogP contribution is 2.38. The van der Waals surface area contributed by atoms with E-state index in [4.69, 9.17) is 9.16 Å². The lowest BCUT2D eigenvalue weighted by Crippen LogP contribution is -2.47. The Kier molecular flexibility index (Phi) is 10.4. The van der Waals surface area contributed by atoms with Crippen molar-refractivity contribution in [1.29, 1.82) is 0 Å². The summed E-state index contributed by atoms with van der Waals surface area (Å²) in [6, 6.07) is -0.194. The highest BCUT2D eigenvalue weighted by molar-refractivity contribution is 6.74. The van der Waals surface area contributed by atoms with Crippen LogP contribution >= 0.6 is 0 Å². The number of amides is 1. The van der Waals surface area contributed by atoms with Crippen LogP contribution in [0.2, 0.25) is 18.1 Å². The maximum Gasteiger partial charge on any atom is 0.323 e. The number of nitrogens with zero attached hydrogens (tertiary/aromatic N) is 1. The Bertz CT molecular complexity index is 624. The Morgan fingerprint density at radius 1 is 1.16 bits per heavy atom. The van der Waals surface area contributed by atoms with E-state index in [1.807, 2.05) is 20.8 Å². The molecule has 0 aromatic heterocycles. The summed E-state index contributed by atoms with van der Waals surface area (Å²) in [4.78, 5) is 27.0. The molecule has 1 saturated heterocycles. The van der Waals surface area contributed by atoms with Gasteiger partial charge in [-0.15, -0.1) is 0 Å². The van der Waals surface area contributed by atoms with Crippen molar-refractivity contribution in [3.05, 3.63) is 0 Å². The number of likely N-dealkylation sites (tertiary alicyclic amines) is 1. The zero-order valence-corrected chi connectivity index (χ0v) is 23.6. The molecule has 1 rings (SSSR count). The lowest BCUT2D eigenvalue weighted by Gasteiger charge is -2.37. The Morgan fingerprint density at radius 3 is 2.22 bits per heavy atom. The van der Waals surface area contributed by atoms with E-state index in [0.717, 1.165) is 32.4 Å². The quantitative estimate of drug-likeness (QED) is 0.360. The van der Waals surface area contributed by atoms with E-state index in [-0.39, 0.29) is 34.9 Å². The van der Waals surface area contributed by atoms with E-state index >= 15 is 0 Å². The lowest BCUT2D eigenvalue weighted by molar-refractivity contribution is -0.160. The maximum atomic E-state index is 13.1. The summed E-state index contributed by atoms with van der Waals surface area (Å²) in [5.74, 6) is 0.438. The van der Waals surface area contributed by atoms with Crippen molar-refractivity contribution in [2.45, 2.75) is 117 Å². The van der Waals surface area contributed by atoms with Gasteiger partial charge >= 0.3 is 5.97 Å². The summed E-state index contributed by atoms with van der Waals surface area (Å²) in [6.45, 7) is 25.1. The number of nitrogens with one attached hydrogen (secondary N) is 1. The van der Waals surface area contributed by atoms with Crippen LogP contribution in [0.15, 0.2) is 0 Å². The smallest absolute Gasteiger partial charge is 0.323 e. The van der Waals surface area contributed by atoms with Gasteiger partial charge in [0.1, 0.15) is 11.6 Å². The molecule has 1 aliphatic rings. The van der Waals surface area contributed by atoms with Crippen molar-refractivity contribution >= 4 is 20.2 Å². The molecule has 0 aliphatic carbocycles. The molecule has 0 aromatic carbocycles. The third-order valence-electron chi connectivity index (χ3n) is 6.92. The fourth-order valence-electron chi connectivity index (χ4n) is 4.09. The van der Waals surface area contributed by atoms with Crippen LogP contribution in [0.5, 0.6) is 0 Å². The van der Waals surface area contributed by atoms with Gasteiger partial charge in [-0.05, 0) is 70.5 Å². The molecule has 6 nitrogen and oxygen atoms in total. The molecule has 1 fully saturated rings. The summed E-state index contributed by atoms with van der Waals surface area (Å²) in [6.07, 6.45) is 2.80. The second-order valence-corrected chi connectivity index (χ2v) is 17.0. The Hall–Kier alpha value is -0.923. The molecule has 1 heterocycles. The van der Waals surface area contributed by atoms with Gasteiger partial charge in [0.25, 0.3) is 0 Å². The van der Waals surface area contributed by atoms with Gasteiger partial charge in [0.2, 0.25) is 5.91 Å². The van der Waals surface area contributed by atoms with Crippen LogP contribution < -0.4 is 5.32 Å². The SMILES string of the molecule is CCC[C@@H](CN1CC(CO[Si](C)(C)C(C)(C)C)CC1C(=O)OC(C)(C)C)C(C)NC(C)=O. The number of carbonyl (C=O) groups excluding carboxylic acids is 2. The van der Waals surface area contributed by atoms with E-state index < -0.39 is 13.9 Å². The van der Waals surface area contributed by atoms with Crippen LogP contribution in [0.1, 0.15) is 81.6 Å².